The van der Waals surface area contributed by atoms with Crippen molar-refractivity contribution in [2.45, 2.75) is 19.9 Å². The monoisotopic (exact) mass is 102 g/mol. The maximum absolute atomic E-state index is 5.01. The van der Waals surface area contributed by atoms with Crippen LogP contribution in [0.15, 0.2) is 0 Å². The summed E-state index contributed by atoms with van der Waals surface area (Å²) in [5.41, 5.74) is 0. The molecule has 1 nitrogen and oxygen atoms in total. The first-order chi connectivity index (χ1) is 2.91. The van der Waals surface area contributed by atoms with Gasteiger partial charge in [-0.25, -0.2) is 0 Å². The Kier molecular flexibility index (Phi) is 5.33. The van der Waals surface area contributed by atoms with Crippen LogP contribution in [0.2, 0.25) is 6.55 Å². The number of rotatable bonds is 3. The molecule has 0 amide bonds. The van der Waals surface area contributed by atoms with Crippen molar-refractivity contribution < 1.29 is 4.43 Å². The average Bonchev–Trinajstić information content (AvgIpc) is 1.61. The average molecular weight is 102 g/mol. The van der Waals surface area contributed by atoms with E-state index in [1.165, 1.54) is 0 Å². The van der Waals surface area contributed by atoms with Crippen molar-refractivity contribution in [3.8, 4) is 0 Å². The van der Waals surface area contributed by atoms with E-state index in [9.17, 15) is 0 Å². The van der Waals surface area contributed by atoms with Gasteiger partial charge in [-0.05, 0) is 13.0 Å². The molecule has 0 aromatic heterocycles. The largest absolute Gasteiger partial charge is 0.418 e. The van der Waals surface area contributed by atoms with Gasteiger partial charge in [0, 0.05) is 6.61 Å². The predicted octanol–water partition coefficient (Wildman–Crippen LogP) is 1.08. The smallest absolute Gasteiger partial charge is 0.226 e. The predicted molar refractivity (Wildman–Crippen MR) is 27.9 cm³/mol. The Balaban J connectivity index is 2.34. The Hall–Kier alpha value is 0.177. The van der Waals surface area contributed by atoms with E-state index in [0.717, 1.165) is 13.0 Å². The summed E-state index contributed by atoms with van der Waals surface area (Å²) in [6, 6.07) is 0. The van der Waals surface area contributed by atoms with E-state index in [0.29, 0.717) is 9.76 Å². The Morgan fingerprint density at radius 2 is 2.33 bits per heavy atom. The summed E-state index contributed by atoms with van der Waals surface area (Å²) in [5.74, 6) is 0. The third kappa shape index (κ3) is 4.18. The van der Waals surface area contributed by atoms with E-state index < -0.39 is 0 Å². The lowest BCUT2D eigenvalue weighted by Gasteiger charge is -1.90. The van der Waals surface area contributed by atoms with Crippen molar-refractivity contribution in [3.05, 3.63) is 0 Å². The van der Waals surface area contributed by atoms with Gasteiger partial charge in [0.25, 0.3) is 0 Å². The summed E-state index contributed by atoms with van der Waals surface area (Å²) in [7, 11) is 0.665. The minimum atomic E-state index is 0.665. The zero-order chi connectivity index (χ0) is 4.83. The number of hydrogen-bond acceptors (Lipinski definition) is 1. The quantitative estimate of drug-likeness (QED) is 0.383. The summed E-state index contributed by atoms with van der Waals surface area (Å²) >= 11 is 0. The van der Waals surface area contributed by atoms with Gasteiger partial charge in [-0.3, -0.25) is 0 Å². The summed E-state index contributed by atoms with van der Waals surface area (Å²) in [5, 5.41) is 0. The van der Waals surface area contributed by atoms with Crippen LogP contribution in [-0.2, 0) is 4.43 Å². The topological polar surface area (TPSA) is 9.23 Å². The number of hydrogen-bond donors (Lipinski definition) is 0. The van der Waals surface area contributed by atoms with Gasteiger partial charge in [0.2, 0.25) is 9.76 Å². The van der Waals surface area contributed by atoms with E-state index in [4.69, 9.17) is 4.43 Å². The Morgan fingerprint density at radius 3 is 2.50 bits per heavy atom. The molecule has 36 valence electrons. The first-order valence-electron chi connectivity index (χ1n) is 2.20. The molecule has 0 heterocycles. The van der Waals surface area contributed by atoms with Crippen LogP contribution in [0.5, 0.6) is 0 Å². The van der Waals surface area contributed by atoms with Gasteiger partial charge in [-0.2, -0.15) is 0 Å². The molecule has 2 radical (unpaired) electrons. The lowest BCUT2D eigenvalue weighted by atomic mass is 10.5. The van der Waals surface area contributed by atoms with Crippen molar-refractivity contribution in [3.63, 3.8) is 0 Å². The van der Waals surface area contributed by atoms with Crippen LogP contribution in [0.4, 0.5) is 0 Å². The molecule has 0 aliphatic heterocycles. The molecule has 6 heavy (non-hydrogen) atoms. The van der Waals surface area contributed by atoms with E-state index in [1.54, 1.807) is 0 Å². The van der Waals surface area contributed by atoms with E-state index in [2.05, 4.69) is 6.92 Å². The summed E-state index contributed by atoms with van der Waals surface area (Å²) in [6.45, 7) is 5.07. The highest BCUT2D eigenvalue weighted by Gasteiger charge is 1.75. The second-order valence-electron chi connectivity index (χ2n) is 1.05. The van der Waals surface area contributed by atoms with Crippen LogP contribution in [0.25, 0.3) is 0 Å². The minimum absolute atomic E-state index is 0.665. The summed E-state index contributed by atoms with van der Waals surface area (Å²) in [4.78, 5) is 0. The molecule has 0 aromatic carbocycles. The lowest BCUT2D eigenvalue weighted by molar-refractivity contribution is 0.338. The maximum Gasteiger partial charge on any atom is 0.226 e. The van der Waals surface area contributed by atoms with Crippen LogP contribution >= 0.6 is 0 Å². The van der Waals surface area contributed by atoms with Gasteiger partial charge in [-0.15, -0.1) is 0 Å². The fraction of sp³-hybridized carbons (Fsp3) is 1.00. The van der Waals surface area contributed by atoms with E-state index in [-0.39, 0.29) is 0 Å². The van der Waals surface area contributed by atoms with Crippen LogP contribution in [0.1, 0.15) is 13.3 Å². The van der Waals surface area contributed by atoms with E-state index >= 15 is 0 Å². The zero-order valence-electron chi connectivity index (χ0n) is 4.32. The molecule has 0 aliphatic rings. The Morgan fingerprint density at radius 1 is 1.67 bits per heavy atom. The molecule has 0 aliphatic carbocycles. The first-order valence-corrected chi connectivity index (χ1v) is 3.61. The fourth-order valence-electron chi connectivity index (χ4n) is 0.204. The van der Waals surface area contributed by atoms with Gasteiger partial charge < -0.3 is 4.43 Å². The van der Waals surface area contributed by atoms with Gasteiger partial charge in [-0.1, -0.05) is 6.92 Å². The third-order valence-electron chi connectivity index (χ3n) is 0.451. The molecule has 2 heteroatoms. The molecule has 0 aromatic rings. The van der Waals surface area contributed by atoms with Crippen molar-refractivity contribution in [1.29, 1.82) is 0 Å². The molecule has 0 rings (SSSR count). The Labute approximate surface area is 41.6 Å². The molecule has 0 unspecified atom stereocenters. The summed E-state index contributed by atoms with van der Waals surface area (Å²) in [6.07, 6.45) is 1.14. The molecular formula is C4H10OSi. The molecule has 0 saturated carbocycles. The molecule has 0 saturated heterocycles. The second kappa shape index (κ2) is 5.18. The van der Waals surface area contributed by atoms with Gasteiger partial charge in [0.1, 0.15) is 0 Å². The lowest BCUT2D eigenvalue weighted by Crippen LogP contribution is -1.92. The standard InChI is InChI=1S/C4H10OSi/c1-3-4-5-6-2/h3-4H2,1-2H3. The molecule has 0 spiro atoms. The first kappa shape index (κ1) is 6.18. The highest BCUT2D eigenvalue weighted by atomic mass is 28.2. The van der Waals surface area contributed by atoms with Gasteiger partial charge >= 0.3 is 0 Å². The second-order valence-corrected chi connectivity index (χ2v) is 1.75. The van der Waals surface area contributed by atoms with Crippen molar-refractivity contribution in [1.82, 2.24) is 0 Å². The van der Waals surface area contributed by atoms with Gasteiger partial charge in [0.15, 0.2) is 0 Å². The fourth-order valence-corrected chi connectivity index (χ4v) is 0.612. The molecule has 0 bridgehead atoms. The van der Waals surface area contributed by atoms with Crippen molar-refractivity contribution >= 4 is 9.76 Å². The summed E-state index contributed by atoms with van der Waals surface area (Å²) < 4.78 is 5.01. The van der Waals surface area contributed by atoms with E-state index in [1.807, 2.05) is 6.55 Å². The van der Waals surface area contributed by atoms with Crippen molar-refractivity contribution in [2.24, 2.45) is 0 Å². The van der Waals surface area contributed by atoms with Crippen LogP contribution < -0.4 is 0 Å². The normalized spacial score (nSPS) is 9.00. The molecule has 0 atom stereocenters. The van der Waals surface area contributed by atoms with Crippen LogP contribution in [-0.4, -0.2) is 16.4 Å². The molecular weight excluding hydrogens is 92.1 g/mol. The van der Waals surface area contributed by atoms with Crippen molar-refractivity contribution in [2.75, 3.05) is 6.61 Å². The maximum atomic E-state index is 5.01. The SMILES string of the molecule is CCCO[Si]C. The molecule has 0 fully saturated rings. The highest BCUT2D eigenvalue weighted by molar-refractivity contribution is 6.24. The highest BCUT2D eigenvalue weighted by Crippen LogP contribution is 1.74. The van der Waals surface area contributed by atoms with Crippen LogP contribution in [0.3, 0.4) is 0 Å². The zero-order valence-corrected chi connectivity index (χ0v) is 5.32. The Bertz CT molecular complexity index is 19.5. The van der Waals surface area contributed by atoms with Gasteiger partial charge in [0.05, 0.1) is 0 Å². The van der Waals surface area contributed by atoms with Crippen LogP contribution in [0, 0.1) is 0 Å². The third-order valence-corrected chi connectivity index (χ3v) is 0.943. The molecule has 0 N–H and O–H groups in total. The minimum Gasteiger partial charge on any atom is -0.418 e.